The molecule has 0 saturated carbocycles. The Morgan fingerprint density at radius 2 is 2.10 bits per heavy atom. The van der Waals surface area contributed by atoms with E-state index in [0.717, 1.165) is 6.42 Å². The molecule has 0 amide bonds. The van der Waals surface area contributed by atoms with Crippen molar-refractivity contribution >= 4 is 5.90 Å². The van der Waals surface area contributed by atoms with Crippen LogP contribution < -0.4 is 0 Å². The van der Waals surface area contributed by atoms with Gasteiger partial charge in [-0.2, -0.15) is 0 Å². The fourth-order valence-electron chi connectivity index (χ4n) is 0.543. The molecular weight excluding hydrogens is 130 g/mol. The second kappa shape index (κ2) is 5.09. The lowest BCUT2D eigenvalue weighted by Crippen LogP contribution is -2.10. The van der Waals surface area contributed by atoms with E-state index in [1.165, 1.54) is 7.11 Å². The van der Waals surface area contributed by atoms with Crippen molar-refractivity contribution in [2.24, 2.45) is 5.16 Å². The standard InChI is InChI=1S/C7H15NO2/c1-5-7(8-9-4)10-6(2)3/h6H,5H2,1-4H3/b8-7-. The van der Waals surface area contributed by atoms with Gasteiger partial charge in [0.1, 0.15) is 7.11 Å². The van der Waals surface area contributed by atoms with E-state index in [1.54, 1.807) is 0 Å². The van der Waals surface area contributed by atoms with Gasteiger partial charge < -0.3 is 9.57 Å². The van der Waals surface area contributed by atoms with Gasteiger partial charge in [-0.05, 0) is 13.8 Å². The van der Waals surface area contributed by atoms with Gasteiger partial charge in [0.05, 0.1) is 6.10 Å². The SMILES string of the molecule is CC/C(=N/OC)OC(C)C. The predicted molar refractivity (Wildman–Crippen MR) is 41.0 cm³/mol. The Balaban J connectivity index is 3.71. The molecule has 0 aliphatic heterocycles. The van der Waals surface area contributed by atoms with E-state index in [1.807, 2.05) is 20.8 Å². The van der Waals surface area contributed by atoms with Gasteiger partial charge in [0.15, 0.2) is 0 Å². The lowest BCUT2D eigenvalue weighted by molar-refractivity contribution is 0.167. The molecule has 0 fully saturated rings. The fourth-order valence-corrected chi connectivity index (χ4v) is 0.543. The molecule has 3 nitrogen and oxygen atoms in total. The predicted octanol–water partition coefficient (Wildman–Crippen LogP) is 1.78. The Morgan fingerprint density at radius 3 is 2.40 bits per heavy atom. The Hall–Kier alpha value is -0.730. The van der Waals surface area contributed by atoms with E-state index < -0.39 is 0 Å². The summed E-state index contributed by atoms with van der Waals surface area (Å²) in [5.74, 6) is 0.650. The first-order valence-corrected chi connectivity index (χ1v) is 3.47. The topological polar surface area (TPSA) is 30.8 Å². The number of rotatable bonds is 3. The van der Waals surface area contributed by atoms with E-state index in [4.69, 9.17) is 4.74 Å². The monoisotopic (exact) mass is 145 g/mol. The highest BCUT2D eigenvalue weighted by Gasteiger charge is 1.99. The molecule has 0 atom stereocenters. The third kappa shape index (κ3) is 4.18. The van der Waals surface area contributed by atoms with Crippen molar-refractivity contribution in [2.45, 2.75) is 33.3 Å². The highest BCUT2D eigenvalue weighted by atomic mass is 16.6. The maximum atomic E-state index is 5.26. The highest BCUT2D eigenvalue weighted by Crippen LogP contribution is 1.95. The normalized spacial score (nSPS) is 11.9. The molecule has 0 saturated heterocycles. The molecule has 0 spiro atoms. The summed E-state index contributed by atoms with van der Waals surface area (Å²) in [6, 6.07) is 0. The summed E-state index contributed by atoms with van der Waals surface area (Å²) in [7, 11) is 1.51. The summed E-state index contributed by atoms with van der Waals surface area (Å²) < 4.78 is 5.26. The summed E-state index contributed by atoms with van der Waals surface area (Å²) >= 11 is 0. The second-order valence-corrected chi connectivity index (χ2v) is 2.19. The smallest absolute Gasteiger partial charge is 0.225 e. The molecule has 0 N–H and O–H groups in total. The molecule has 0 aromatic heterocycles. The lowest BCUT2D eigenvalue weighted by Gasteiger charge is -2.08. The summed E-state index contributed by atoms with van der Waals surface area (Å²) in [5, 5.41) is 3.68. The molecular formula is C7H15NO2. The average Bonchev–Trinajstić information content (AvgIpc) is 1.86. The molecule has 0 aliphatic rings. The number of hydrogen-bond acceptors (Lipinski definition) is 3. The van der Waals surface area contributed by atoms with Gasteiger partial charge >= 0.3 is 0 Å². The van der Waals surface area contributed by atoms with Crippen molar-refractivity contribution in [3.63, 3.8) is 0 Å². The second-order valence-electron chi connectivity index (χ2n) is 2.19. The van der Waals surface area contributed by atoms with E-state index in [9.17, 15) is 0 Å². The number of oxime groups is 1. The molecule has 0 aromatic carbocycles. The summed E-state index contributed by atoms with van der Waals surface area (Å²) in [6.45, 7) is 5.89. The van der Waals surface area contributed by atoms with Crippen LogP contribution in [0.25, 0.3) is 0 Å². The largest absolute Gasteiger partial charge is 0.476 e. The third-order valence-corrected chi connectivity index (χ3v) is 0.867. The zero-order valence-electron chi connectivity index (χ0n) is 7.05. The molecule has 0 heterocycles. The van der Waals surface area contributed by atoms with Crippen LogP contribution in [0.1, 0.15) is 27.2 Å². The Labute approximate surface area is 62.0 Å². The number of ether oxygens (including phenoxy) is 1. The summed E-state index contributed by atoms with van der Waals surface area (Å²) in [4.78, 5) is 4.56. The highest BCUT2D eigenvalue weighted by molar-refractivity contribution is 5.75. The van der Waals surface area contributed by atoms with Crippen LogP contribution in [-0.2, 0) is 9.57 Å². The van der Waals surface area contributed by atoms with Gasteiger partial charge in [0.25, 0.3) is 0 Å². The Morgan fingerprint density at radius 1 is 1.50 bits per heavy atom. The van der Waals surface area contributed by atoms with Crippen molar-refractivity contribution in [3.05, 3.63) is 0 Å². The molecule has 0 aliphatic carbocycles. The lowest BCUT2D eigenvalue weighted by atomic mass is 10.4. The molecule has 3 heteroatoms. The first kappa shape index (κ1) is 9.27. The van der Waals surface area contributed by atoms with E-state index >= 15 is 0 Å². The first-order valence-electron chi connectivity index (χ1n) is 3.47. The minimum Gasteiger partial charge on any atom is -0.476 e. The average molecular weight is 145 g/mol. The molecule has 0 radical (unpaired) electrons. The molecule has 10 heavy (non-hydrogen) atoms. The number of hydrogen-bond donors (Lipinski definition) is 0. The third-order valence-electron chi connectivity index (χ3n) is 0.867. The zero-order valence-corrected chi connectivity index (χ0v) is 7.05. The first-order chi connectivity index (χ1) is 4.70. The fraction of sp³-hybridized carbons (Fsp3) is 0.857. The van der Waals surface area contributed by atoms with Crippen LogP contribution in [0, 0.1) is 0 Å². The molecule has 60 valence electrons. The van der Waals surface area contributed by atoms with Crippen molar-refractivity contribution < 1.29 is 9.57 Å². The Bertz CT molecular complexity index is 110. The van der Waals surface area contributed by atoms with Crippen LogP contribution in [-0.4, -0.2) is 19.1 Å². The van der Waals surface area contributed by atoms with E-state index in [2.05, 4.69) is 9.99 Å². The van der Waals surface area contributed by atoms with Crippen molar-refractivity contribution in [1.29, 1.82) is 0 Å². The van der Waals surface area contributed by atoms with Gasteiger partial charge in [-0.3, -0.25) is 0 Å². The maximum Gasteiger partial charge on any atom is 0.225 e. The summed E-state index contributed by atoms with van der Waals surface area (Å²) in [5.41, 5.74) is 0. The molecule has 0 rings (SSSR count). The van der Waals surface area contributed by atoms with E-state index in [0.29, 0.717) is 5.90 Å². The molecule has 0 bridgehead atoms. The van der Waals surface area contributed by atoms with E-state index in [-0.39, 0.29) is 6.10 Å². The minimum absolute atomic E-state index is 0.175. The van der Waals surface area contributed by atoms with Crippen LogP contribution in [0.4, 0.5) is 0 Å². The van der Waals surface area contributed by atoms with Gasteiger partial charge in [-0.15, -0.1) is 0 Å². The van der Waals surface area contributed by atoms with Crippen LogP contribution in [0.15, 0.2) is 5.16 Å². The number of nitrogens with zero attached hydrogens (tertiary/aromatic N) is 1. The van der Waals surface area contributed by atoms with Crippen molar-refractivity contribution in [1.82, 2.24) is 0 Å². The van der Waals surface area contributed by atoms with Crippen LogP contribution >= 0.6 is 0 Å². The van der Waals surface area contributed by atoms with Gasteiger partial charge in [0, 0.05) is 6.42 Å². The van der Waals surface area contributed by atoms with Crippen LogP contribution in [0.2, 0.25) is 0 Å². The summed E-state index contributed by atoms with van der Waals surface area (Å²) in [6.07, 6.45) is 0.945. The van der Waals surface area contributed by atoms with Crippen LogP contribution in [0.5, 0.6) is 0 Å². The van der Waals surface area contributed by atoms with Gasteiger partial charge in [-0.1, -0.05) is 12.1 Å². The van der Waals surface area contributed by atoms with Gasteiger partial charge in [-0.25, -0.2) is 0 Å². The zero-order chi connectivity index (χ0) is 7.98. The molecule has 0 aromatic rings. The Kier molecular flexibility index (Phi) is 4.72. The van der Waals surface area contributed by atoms with Crippen LogP contribution in [0.3, 0.4) is 0 Å². The van der Waals surface area contributed by atoms with Crippen molar-refractivity contribution in [2.75, 3.05) is 7.11 Å². The van der Waals surface area contributed by atoms with Gasteiger partial charge in [0.2, 0.25) is 5.90 Å². The van der Waals surface area contributed by atoms with Crippen molar-refractivity contribution in [3.8, 4) is 0 Å². The maximum absolute atomic E-state index is 5.26. The quantitative estimate of drug-likeness (QED) is 0.344. The molecule has 0 unspecified atom stereocenters. The minimum atomic E-state index is 0.175.